The molecule has 0 saturated carbocycles. The second-order valence-corrected chi connectivity index (χ2v) is 8.76. The fraction of sp³-hybridized carbons (Fsp3) is 0.524. The van der Waals surface area contributed by atoms with Crippen molar-refractivity contribution in [3.05, 3.63) is 29.8 Å². The number of hydrogen-bond donors (Lipinski definition) is 0. The number of carbonyl (C=O) groups excluding carboxylic acids is 1. The molecule has 0 heterocycles. The Hall–Kier alpha value is -2.31. The van der Waals surface area contributed by atoms with Crippen molar-refractivity contribution in [2.24, 2.45) is 4.99 Å². The quantitative estimate of drug-likeness (QED) is 0.533. The van der Waals surface area contributed by atoms with Gasteiger partial charge in [-0.15, -0.1) is 0 Å². The SMILES string of the molecule is C=Nc1c(C(=C)C)cc(N(CC(F)(F)F)C(=O)OC(C)(C)C)cc1C(C)(C)C. The van der Waals surface area contributed by atoms with Crippen LogP contribution in [0.4, 0.5) is 29.3 Å². The maximum absolute atomic E-state index is 13.2. The highest BCUT2D eigenvalue weighted by Gasteiger charge is 2.37. The number of amides is 1. The number of halogens is 3. The Morgan fingerprint density at radius 3 is 2.04 bits per heavy atom. The van der Waals surface area contributed by atoms with Gasteiger partial charge in [0.1, 0.15) is 12.1 Å². The molecule has 0 radical (unpaired) electrons. The molecule has 7 heteroatoms. The summed E-state index contributed by atoms with van der Waals surface area (Å²) < 4.78 is 44.9. The zero-order chi connectivity index (χ0) is 22.1. The smallest absolute Gasteiger partial charge is 0.415 e. The van der Waals surface area contributed by atoms with Gasteiger partial charge in [0.15, 0.2) is 0 Å². The number of rotatable bonds is 4. The van der Waals surface area contributed by atoms with Gasteiger partial charge in [0.05, 0.1) is 5.69 Å². The van der Waals surface area contributed by atoms with Crippen molar-refractivity contribution in [2.45, 2.75) is 65.7 Å². The lowest BCUT2D eigenvalue weighted by Gasteiger charge is -2.31. The van der Waals surface area contributed by atoms with Crippen LogP contribution in [0.25, 0.3) is 5.57 Å². The lowest BCUT2D eigenvalue weighted by Crippen LogP contribution is -2.42. The van der Waals surface area contributed by atoms with Gasteiger partial charge in [-0.2, -0.15) is 13.2 Å². The molecule has 0 spiro atoms. The number of alkyl halides is 3. The fourth-order valence-electron chi connectivity index (χ4n) is 2.60. The standard InChI is InChI=1S/C21H29F3N2O2/c1-13(2)15-10-14(11-16(17(15)25-9)19(3,4)5)26(12-21(22,23)24)18(27)28-20(6,7)8/h10-11H,1,9,12H2,2-8H3. The topological polar surface area (TPSA) is 41.9 Å². The molecule has 0 aromatic heterocycles. The van der Waals surface area contributed by atoms with Gasteiger partial charge in [0.25, 0.3) is 0 Å². The van der Waals surface area contributed by atoms with Crippen LogP contribution in [-0.4, -0.2) is 31.1 Å². The van der Waals surface area contributed by atoms with Crippen LogP contribution < -0.4 is 4.90 Å². The molecule has 0 atom stereocenters. The van der Waals surface area contributed by atoms with Gasteiger partial charge in [-0.05, 0) is 63.1 Å². The Morgan fingerprint density at radius 1 is 1.14 bits per heavy atom. The van der Waals surface area contributed by atoms with Crippen LogP contribution in [0, 0.1) is 0 Å². The average molecular weight is 398 g/mol. The zero-order valence-corrected chi connectivity index (χ0v) is 17.6. The highest BCUT2D eigenvalue weighted by atomic mass is 19.4. The monoisotopic (exact) mass is 398 g/mol. The van der Waals surface area contributed by atoms with Crippen molar-refractivity contribution in [3.8, 4) is 0 Å². The van der Waals surface area contributed by atoms with E-state index in [0.29, 0.717) is 27.3 Å². The Bertz CT molecular complexity index is 770. The summed E-state index contributed by atoms with van der Waals surface area (Å²) >= 11 is 0. The van der Waals surface area contributed by atoms with Gasteiger partial charge < -0.3 is 4.74 Å². The third-order valence-corrected chi connectivity index (χ3v) is 3.78. The highest BCUT2D eigenvalue weighted by Crippen LogP contribution is 2.41. The first-order valence-electron chi connectivity index (χ1n) is 8.84. The number of carbonyl (C=O) groups is 1. The number of aliphatic imine (C=N–C) groups is 1. The molecule has 1 amide bonds. The minimum Gasteiger partial charge on any atom is -0.443 e. The van der Waals surface area contributed by atoms with E-state index in [9.17, 15) is 18.0 Å². The fourth-order valence-corrected chi connectivity index (χ4v) is 2.60. The Kier molecular flexibility index (Phi) is 6.76. The number of hydrogen-bond acceptors (Lipinski definition) is 3. The average Bonchev–Trinajstić information content (AvgIpc) is 2.47. The lowest BCUT2D eigenvalue weighted by atomic mass is 9.83. The number of nitrogens with zero attached hydrogens (tertiary/aromatic N) is 2. The number of anilines is 1. The molecule has 4 nitrogen and oxygen atoms in total. The molecule has 0 aliphatic rings. The van der Waals surface area contributed by atoms with Crippen LogP contribution in [0.5, 0.6) is 0 Å². The number of ether oxygens (including phenoxy) is 1. The van der Waals surface area contributed by atoms with Gasteiger partial charge in [-0.25, -0.2) is 4.79 Å². The van der Waals surface area contributed by atoms with E-state index in [0.717, 1.165) is 0 Å². The van der Waals surface area contributed by atoms with E-state index >= 15 is 0 Å². The van der Waals surface area contributed by atoms with Crippen molar-refractivity contribution in [1.82, 2.24) is 0 Å². The first kappa shape index (κ1) is 23.7. The second kappa shape index (κ2) is 7.97. The zero-order valence-electron chi connectivity index (χ0n) is 17.6. The minimum atomic E-state index is -4.60. The third-order valence-electron chi connectivity index (χ3n) is 3.78. The third kappa shape index (κ3) is 6.39. The van der Waals surface area contributed by atoms with Crippen LogP contribution in [0.15, 0.2) is 23.7 Å². The Labute approximate surface area is 165 Å². The van der Waals surface area contributed by atoms with Gasteiger partial charge >= 0.3 is 12.3 Å². The van der Waals surface area contributed by atoms with E-state index in [1.54, 1.807) is 27.7 Å². The van der Waals surface area contributed by atoms with E-state index in [-0.39, 0.29) is 5.69 Å². The summed E-state index contributed by atoms with van der Waals surface area (Å²) in [7, 11) is 0. The van der Waals surface area contributed by atoms with E-state index in [4.69, 9.17) is 4.74 Å². The molecule has 0 unspecified atom stereocenters. The van der Waals surface area contributed by atoms with E-state index in [2.05, 4.69) is 18.3 Å². The lowest BCUT2D eigenvalue weighted by molar-refractivity contribution is -0.119. The molecule has 0 bridgehead atoms. The first-order valence-corrected chi connectivity index (χ1v) is 8.84. The number of benzene rings is 1. The van der Waals surface area contributed by atoms with E-state index < -0.39 is 29.8 Å². The summed E-state index contributed by atoms with van der Waals surface area (Å²) in [5.74, 6) is 0. The van der Waals surface area contributed by atoms with Crippen molar-refractivity contribution in [2.75, 3.05) is 11.4 Å². The molecule has 1 rings (SSSR count). The van der Waals surface area contributed by atoms with Crippen LogP contribution in [0.1, 0.15) is 59.6 Å². The summed E-state index contributed by atoms with van der Waals surface area (Å²) in [4.78, 5) is 17.2. The number of allylic oxidation sites excluding steroid dienone is 1. The predicted octanol–water partition coefficient (Wildman–Crippen LogP) is 6.65. The maximum atomic E-state index is 13.2. The van der Waals surface area contributed by atoms with Gasteiger partial charge in [0.2, 0.25) is 0 Å². The summed E-state index contributed by atoms with van der Waals surface area (Å²) in [6, 6.07) is 3.00. The summed E-state index contributed by atoms with van der Waals surface area (Å²) in [5.41, 5.74) is 1.02. The molecule has 156 valence electrons. The molecule has 0 aliphatic heterocycles. The maximum Gasteiger partial charge on any atom is 0.415 e. The van der Waals surface area contributed by atoms with Crippen LogP contribution in [-0.2, 0) is 10.2 Å². The summed E-state index contributed by atoms with van der Waals surface area (Å²) in [6.45, 7) is 18.3. The molecule has 0 fully saturated rings. The summed E-state index contributed by atoms with van der Waals surface area (Å²) in [5, 5.41) is 0. The van der Waals surface area contributed by atoms with Gasteiger partial charge in [0, 0.05) is 11.3 Å². The van der Waals surface area contributed by atoms with Crippen LogP contribution >= 0.6 is 0 Å². The normalized spacial score (nSPS) is 12.5. The molecular weight excluding hydrogens is 369 g/mol. The largest absolute Gasteiger partial charge is 0.443 e. The van der Waals surface area contributed by atoms with E-state index in [1.165, 1.54) is 12.1 Å². The van der Waals surface area contributed by atoms with Crippen molar-refractivity contribution < 1.29 is 22.7 Å². The minimum absolute atomic E-state index is 0.0712. The first-order chi connectivity index (χ1) is 12.5. The molecule has 1 aromatic rings. The predicted molar refractivity (Wildman–Crippen MR) is 109 cm³/mol. The van der Waals surface area contributed by atoms with Gasteiger partial charge in [-0.3, -0.25) is 9.89 Å². The molecule has 28 heavy (non-hydrogen) atoms. The molecule has 0 saturated heterocycles. The molecule has 0 aliphatic carbocycles. The molecular formula is C21H29F3N2O2. The van der Waals surface area contributed by atoms with Gasteiger partial charge in [-0.1, -0.05) is 27.4 Å². The van der Waals surface area contributed by atoms with Crippen molar-refractivity contribution in [1.29, 1.82) is 0 Å². The van der Waals surface area contributed by atoms with E-state index in [1.807, 2.05) is 20.8 Å². The van der Waals surface area contributed by atoms with Crippen molar-refractivity contribution in [3.63, 3.8) is 0 Å². The highest BCUT2D eigenvalue weighted by molar-refractivity contribution is 5.91. The Balaban J connectivity index is 3.72. The van der Waals surface area contributed by atoms with Crippen molar-refractivity contribution >= 4 is 29.8 Å². The second-order valence-electron chi connectivity index (χ2n) is 8.76. The molecule has 0 N–H and O–H groups in total. The van der Waals surface area contributed by atoms with Crippen LogP contribution in [0.3, 0.4) is 0 Å². The Morgan fingerprint density at radius 2 is 1.68 bits per heavy atom. The molecule has 1 aromatic carbocycles. The summed E-state index contributed by atoms with van der Waals surface area (Å²) in [6.07, 6.45) is -5.67. The van der Waals surface area contributed by atoms with Crippen LogP contribution in [0.2, 0.25) is 0 Å².